The highest BCUT2D eigenvalue weighted by Crippen LogP contribution is 2.41. The summed E-state index contributed by atoms with van der Waals surface area (Å²) in [6, 6.07) is 4.38. The van der Waals surface area contributed by atoms with Gasteiger partial charge in [0.05, 0.1) is 34.8 Å². The van der Waals surface area contributed by atoms with Crippen LogP contribution in [0.5, 0.6) is 11.6 Å². The van der Waals surface area contributed by atoms with Crippen LogP contribution in [0.1, 0.15) is 6.92 Å². The van der Waals surface area contributed by atoms with Crippen molar-refractivity contribution in [3.8, 4) is 22.8 Å². The van der Waals surface area contributed by atoms with Crippen molar-refractivity contribution in [1.29, 1.82) is 0 Å². The Bertz CT molecular complexity index is 1230. The summed E-state index contributed by atoms with van der Waals surface area (Å²) in [5, 5.41) is 10.9. The zero-order valence-corrected chi connectivity index (χ0v) is 15.1. The van der Waals surface area contributed by atoms with Gasteiger partial charge in [0.1, 0.15) is 23.2 Å². The number of hydrogen-bond donors (Lipinski definition) is 2. The molecule has 0 aliphatic heterocycles. The molecule has 0 unspecified atom stereocenters. The van der Waals surface area contributed by atoms with Crippen LogP contribution in [0.25, 0.3) is 32.9 Å². The fraction of sp³-hybridized carbons (Fsp3) is 0.150. The number of ether oxygens (including phenoxy) is 1. The van der Waals surface area contributed by atoms with E-state index in [1.165, 1.54) is 17.7 Å². The lowest BCUT2D eigenvalue weighted by atomic mass is 9.98. The maximum absolute atomic E-state index is 14.7. The van der Waals surface area contributed by atoms with Crippen LogP contribution in [0, 0.1) is 17.5 Å². The van der Waals surface area contributed by atoms with Crippen LogP contribution in [-0.4, -0.2) is 21.8 Å². The van der Waals surface area contributed by atoms with E-state index in [4.69, 9.17) is 10.5 Å². The zero-order valence-electron chi connectivity index (χ0n) is 15.1. The first kappa shape index (κ1) is 18.0. The Morgan fingerprint density at radius 3 is 2.39 bits per heavy atom. The molecule has 0 aliphatic rings. The topological polar surface area (TPSA) is 73.3 Å². The predicted molar refractivity (Wildman–Crippen MR) is 101 cm³/mol. The number of benzene rings is 2. The molecule has 0 saturated carbocycles. The third-order valence-corrected chi connectivity index (χ3v) is 4.79. The molecule has 0 fully saturated rings. The van der Waals surface area contributed by atoms with E-state index in [1.54, 1.807) is 6.20 Å². The van der Waals surface area contributed by atoms with Gasteiger partial charge in [-0.05, 0) is 19.1 Å². The van der Waals surface area contributed by atoms with E-state index in [0.717, 1.165) is 18.2 Å². The lowest BCUT2D eigenvalue weighted by Crippen LogP contribution is -1.99. The summed E-state index contributed by atoms with van der Waals surface area (Å²) >= 11 is 0. The summed E-state index contributed by atoms with van der Waals surface area (Å²) in [6.45, 7) is 2.28. The standard InChI is InChI=1S/C20H16F3N3O2/c1-3-26-8-14-17(20(26)27)18(24)10-4-5-11(21)16(19(10)25-14)15-12(22)6-9(28-2)7-13(15)23/h4-8,27H,3,24H2,1-2H3. The number of nitrogen functional groups attached to an aromatic ring is 1. The van der Waals surface area contributed by atoms with Gasteiger partial charge in [-0.15, -0.1) is 0 Å². The van der Waals surface area contributed by atoms with Gasteiger partial charge >= 0.3 is 0 Å². The van der Waals surface area contributed by atoms with Crippen molar-refractivity contribution in [2.75, 3.05) is 12.8 Å². The Morgan fingerprint density at radius 2 is 1.79 bits per heavy atom. The van der Waals surface area contributed by atoms with E-state index in [9.17, 15) is 18.3 Å². The molecule has 4 aromatic rings. The number of aromatic hydroxyl groups is 1. The number of fused-ring (bicyclic) bond motifs is 2. The van der Waals surface area contributed by atoms with Gasteiger partial charge in [-0.2, -0.15) is 0 Å². The highest BCUT2D eigenvalue weighted by Gasteiger charge is 2.23. The van der Waals surface area contributed by atoms with E-state index in [1.807, 2.05) is 6.92 Å². The molecule has 2 aromatic heterocycles. The van der Waals surface area contributed by atoms with Gasteiger partial charge in [-0.25, -0.2) is 18.2 Å². The first-order valence-electron chi connectivity index (χ1n) is 8.50. The Hall–Kier alpha value is -3.42. The van der Waals surface area contributed by atoms with Crippen molar-refractivity contribution in [2.45, 2.75) is 13.5 Å². The summed E-state index contributed by atoms with van der Waals surface area (Å²) in [5.74, 6) is -2.92. The molecule has 0 atom stereocenters. The first-order valence-corrected chi connectivity index (χ1v) is 8.50. The molecular formula is C20H16F3N3O2. The predicted octanol–water partition coefficient (Wildman–Crippen LogP) is 4.59. The third kappa shape index (κ3) is 2.45. The van der Waals surface area contributed by atoms with Gasteiger partial charge in [-0.1, -0.05) is 0 Å². The number of hydrogen-bond acceptors (Lipinski definition) is 4. The average molecular weight is 387 g/mol. The number of halogens is 3. The second-order valence-electron chi connectivity index (χ2n) is 6.31. The second-order valence-corrected chi connectivity index (χ2v) is 6.31. The van der Waals surface area contributed by atoms with Crippen LogP contribution in [0.3, 0.4) is 0 Å². The van der Waals surface area contributed by atoms with Crippen molar-refractivity contribution < 1.29 is 23.0 Å². The Balaban J connectivity index is 2.14. The number of rotatable bonds is 3. The van der Waals surface area contributed by atoms with Crippen molar-refractivity contribution in [3.63, 3.8) is 0 Å². The van der Waals surface area contributed by atoms with E-state index in [-0.39, 0.29) is 33.8 Å². The smallest absolute Gasteiger partial charge is 0.202 e. The summed E-state index contributed by atoms with van der Waals surface area (Å²) in [4.78, 5) is 4.36. The molecule has 5 nitrogen and oxygen atoms in total. The average Bonchev–Trinajstić information content (AvgIpc) is 2.98. The van der Waals surface area contributed by atoms with Crippen molar-refractivity contribution in [2.24, 2.45) is 0 Å². The SMILES string of the molecule is CCn1cc2nc3c(-c4c(F)cc(OC)cc4F)c(F)ccc3c(N)c2c1O. The normalized spacial score (nSPS) is 11.5. The van der Waals surface area contributed by atoms with Crippen LogP contribution >= 0.6 is 0 Å². The third-order valence-electron chi connectivity index (χ3n) is 4.79. The van der Waals surface area contributed by atoms with Gasteiger partial charge in [0, 0.05) is 35.8 Å². The van der Waals surface area contributed by atoms with Gasteiger partial charge in [-0.3, -0.25) is 0 Å². The zero-order chi connectivity index (χ0) is 20.2. The molecule has 0 spiro atoms. The summed E-state index contributed by atoms with van der Waals surface area (Å²) in [5.41, 5.74) is 5.75. The number of aryl methyl sites for hydroxylation is 1. The van der Waals surface area contributed by atoms with Gasteiger partial charge in [0.15, 0.2) is 0 Å². The molecule has 0 aliphatic carbocycles. The Morgan fingerprint density at radius 1 is 1.11 bits per heavy atom. The Labute approximate surface area is 157 Å². The number of methoxy groups -OCH3 is 1. The molecule has 8 heteroatoms. The number of anilines is 1. The van der Waals surface area contributed by atoms with E-state index < -0.39 is 23.0 Å². The largest absolute Gasteiger partial charge is 0.497 e. The van der Waals surface area contributed by atoms with Crippen LogP contribution < -0.4 is 10.5 Å². The molecule has 0 radical (unpaired) electrons. The minimum Gasteiger partial charge on any atom is -0.497 e. The summed E-state index contributed by atoms with van der Waals surface area (Å²) in [6.07, 6.45) is 1.55. The quantitative estimate of drug-likeness (QED) is 0.539. The molecule has 3 N–H and O–H groups in total. The minimum atomic E-state index is -0.988. The number of nitrogens with two attached hydrogens (primary N) is 1. The maximum Gasteiger partial charge on any atom is 0.202 e. The molecule has 0 amide bonds. The summed E-state index contributed by atoms with van der Waals surface area (Å²) < 4.78 is 50.4. The molecule has 0 bridgehead atoms. The molecule has 2 aromatic carbocycles. The fourth-order valence-electron chi connectivity index (χ4n) is 3.42. The van der Waals surface area contributed by atoms with Crippen molar-refractivity contribution >= 4 is 27.5 Å². The highest BCUT2D eigenvalue weighted by molar-refractivity contribution is 6.12. The van der Waals surface area contributed by atoms with Crippen LogP contribution in [-0.2, 0) is 6.54 Å². The lowest BCUT2D eigenvalue weighted by Gasteiger charge is -2.13. The molecule has 144 valence electrons. The van der Waals surface area contributed by atoms with Crippen LogP contribution in [0.15, 0.2) is 30.5 Å². The van der Waals surface area contributed by atoms with Gasteiger partial charge in [0.2, 0.25) is 5.88 Å². The molecule has 2 heterocycles. The van der Waals surface area contributed by atoms with Gasteiger partial charge in [0.25, 0.3) is 0 Å². The monoisotopic (exact) mass is 387 g/mol. The lowest BCUT2D eigenvalue weighted by molar-refractivity contribution is 0.407. The Kier molecular flexibility index (Phi) is 4.06. The van der Waals surface area contributed by atoms with E-state index in [2.05, 4.69) is 4.98 Å². The van der Waals surface area contributed by atoms with Crippen LogP contribution in [0.4, 0.5) is 18.9 Å². The highest BCUT2D eigenvalue weighted by atomic mass is 19.1. The van der Waals surface area contributed by atoms with E-state index in [0.29, 0.717) is 17.4 Å². The van der Waals surface area contributed by atoms with Crippen LogP contribution in [0.2, 0.25) is 0 Å². The molecule has 0 saturated heterocycles. The number of aromatic nitrogens is 2. The second kappa shape index (κ2) is 6.33. The van der Waals surface area contributed by atoms with E-state index >= 15 is 0 Å². The fourth-order valence-corrected chi connectivity index (χ4v) is 3.42. The van der Waals surface area contributed by atoms with Crippen molar-refractivity contribution in [3.05, 3.63) is 47.9 Å². The minimum absolute atomic E-state index is 0.00113. The number of pyridine rings is 1. The molecule has 4 rings (SSSR count). The first-order chi connectivity index (χ1) is 13.4. The maximum atomic E-state index is 14.7. The van der Waals surface area contributed by atoms with Crippen molar-refractivity contribution in [1.82, 2.24) is 9.55 Å². The van der Waals surface area contributed by atoms with Gasteiger partial charge < -0.3 is 20.1 Å². The molecular weight excluding hydrogens is 371 g/mol. The summed E-state index contributed by atoms with van der Waals surface area (Å²) in [7, 11) is 1.27. The molecule has 28 heavy (non-hydrogen) atoms. The number of nitrogens with zero attached hydrogens (tertiary/aromatic N) is 2.